The number of carbonyl (C=O) groups is 2. The molecule has 0 atom stereocenters. The van der Waals surface area contributed by atoms with Crippen molar-refractivity contribution in [3.63, 3.8) is 0 Å². The van der Waals surface area contributed by atoms with Gasteiger partial charge in [-0.1, -0.05) is 0 Å². The average molecular weight is 333 g/mol. The Labute approximate surface area is 134 Å². The molecular formula is C15H12FN3O3S. The summed E-state index contributed by atoms with van der Waals surface area (Å²) in [7, 11) is 0. The minimum Gasteiger partial charge on any atom is -0.451 e. The van der Waals surface area contributed by atoms with Gasteiger partial charge in [0.25, 0.3) is 5.91 Å². The Morgan fingerprint density at radius 3 is 2.70 bits per heavy atom. The molecule has 2 N–H and O–H groups in total. The lowest BCUT2D eigenvalue weighted by atomic mass is 10.3. The van der Waals surface area contributed by atoms with Crippen LogP contribution in [0.15, 0.2) is 30.3 Å². The van der Waals surface area contributed by atoms with Crippen LogP contribution in [-0.4, -0.2) is 28.3 Å². The number of aromatic nitrogens is 2. The standard InChI is InChI=1S/C15H12FN3O3S/c1-8-11-6-12(15(21)22-7-13(17)20)23-14(11)19(18-8)10-4-2-9(16)3-5-10/h2-6H,7H2,1H3,(H2,17,20). The quantitative estimate of drug-likeness (QED) is 0.741. The number of primary amides is 1. The SMILES string of the molecule is Cc1nn(-c2ccc(F)cc2)c2sc(C(=O)OCC(N)=O)cc12. The van der Waals surface area contributed by atoms with E-state index in [0.29, 0.717) is 10.6 Å². The summed E-state index contributed by atoms with van der Waals surface area (Å²) >= 11 is 1.18. The molecule has 0 saturated heterocycles. The molecule has 118 valence electrons. The summed E-state index contributed by atoms with van der Waals surface area (Å²) in [6.07, 6.45) is 0. The molecule has 1 amide bonds. The molecule has 1 aromatic carbocycles. The van der Waals surface area contributed by atoms with E-state index in [4.69, 9.17) is 10.5 Å². The molecule has 0 aliphatic heterocycles. The maximum absolute atomic E-state index is 13.1. The van der Waals surface area contributed by atoms with Gasteiger partial charge in [-0.3, -0.25) is 4.79 Å². The van der Waals surface area contributed by atoms with Crippen molar-refractivity contribution in [2.45, 2.75) is 6.92 Å². The number of hydrogen-bond donors (Lipinski definition) is 1. The van der Waals surface area contributed by atoms with Gasteiger partial charge in [0.05, 0.1) is 11.4 Å². The molecule has 2 aromatic heterocycles. The van der Waals surface area contributed by atoms with Crippen molar-refractivity contribution in [3.05, 3.63) is 46.7 Å². The van der Waals surface area contributed by atoms with E-state index in [1.54, 1.807) is 22.9 Å². The number of halogens is 1. The van der Waals surface area contributed by atoms with Crippen LogP contribution in [0.5, 0.6) is 0 Å². The first kappa shape index (κ1) is 15.2. The Morgan fingerprint density at radius 2 is 2.04 bits per heavy atom. The van der Waals surface area contributed by atoms with Crippen LogP contribution in [0, 0.1) is 12.7 Å². The van der Waals surface area contributed by atoms with Crippen LogP contribution in [0.25, 0.3) is 15.9 Å². The zero-order valence-corrected chi connectivity index (χ0v) is 12.9. The van der Waals surface area contributed by atoms with Crippen molar-refractivity contribution in [1.82, 2.24) is 9.78 Å². The van der Waals surface area contributed by atoms with Gasteiger partial charge in [0.15, 0.2) is 6.61 Å². The minimum absolute atomic E-state index is 0.337. The predicted molar refractivity (Wildman–Crippen MR) is 83.1 cm³/mol. The van der Waals surface area contributed by atoms with Crippen LogP contribution in [0.3, 0.4) is 0 Å². The highest BCUT2D eigenvalue weighted by molar-refractivity contribution is 7.20. The van der Waals surface area contributed by atoms with Crippen molar-refractivity contribution in [2.75, 3.05) is 6.61 Å². The average Bonchev–Trinajstić information content (AvgIpc) is 3.07. The lowest BCUT2D eigenvalue weighted by Crippen LogP contribution is -2.20. The van der Waals surface area contributed by atoms with Crippen LogP contribution < -0.4 is 5.73 Å². The fourth-order valence-electron chi connectivity index (χ4n) is 2.11. The number of esters is 1. The van der Waals surface area contributed by atoms with Gasteiger partial charge in [-0.2, -0.15) is 5.10 Å². The molecule has 3 aromatic rings. The van der Waals surface area contributed by atoms with Crippen molar-refractivity contribution in [3.8, 4) is 5.69 Å². The summed E-state index contributed by atoms with van der Waals surface area (Å²) in [5, 5.41) is 5.20. The van der Waals surface area contributed by atoms with E-state index in [1.807, 2.05) is 6.92 Å². The highest BCUT2D eigenvalue weighted by Gasteiger charge is 2.18. The Balaban J connectivity index is 2.00. The number of hydrogen-bond acceptors (Lipinski definition) is 5. The Morgan fingerprint density at radius 1 is 1.35 bits per heavy atom. The monoisotopic (exact) mass is 333 g/mol. The molecule has 0 spiro atoms. The number of rotatable bonds is 4. The maximum atomic E-state index is 13.1. The molecule has 0 unspecified atom stereocenters. The molecule has 23 heavy (non-hydrogen) atoms. The molecule has 0 aliphatic carbocycles. The number of nitrogens with zero attached hydrogens (tertiary/aromatic N) is 2. The summed E-state index contributed by atoms with van der Waals surface area (Å²) in [4.78, 5) is 23.7. The number of aryl methyl sites for hydroxylation is 1. The van der Waals surface area contributed by atoms with Gasteiger partial charge in [0.2, 0.25) is 0 Å². The van der Waals surface area contributed by atoms with E-state index < -0.39 is 18.5 Å². The van der Waals surface area contributed by atoms with Crippen LogP contribution >= 0.6 is 11.3 Å². The lowest BCUT2D eigenvalue weighted by Gasteiger charge is -2.02. The second-order valence-electron chi connectivity index (χ2n) is 4.85. The highest BCUT2D eigenvalue weighted by Crippen LogP contribution is 2.30. The topological polar surface area (TPSA) is 87.2 Å². The van der Waals surface area contributed by atoms with Crippen LogP contribution in [0.4, 0.5) is 4.39 Å². The molecular weight excluding hydrogens is 321 g/mol. The van der Waals surface area contributed by atoms with E-state index in [1.165, 1.54) is 23.5 Å². The van der Waals surface area contributed by atoms with Crippen molar-refractivity contribution >= 4 is 33.4 Å². The fourth-order valence-corrected chi connectivity index (χ4v) is 3.19. The number of ether oxygens (including phenoxy) is 1. The van der Waals surface area contributed by atoms with Crippen molar-refractivity contribution < 1.29 is 18.7 Å². The minimum atomic E-state index is -0.715. The Kier molecular flexibility index (Phi) is 3.83. The third-order valence-corrected chi connectivity index (χ3v) is 4.25. The van der Waals surface area contributed by atoms with Gasteiger partial charge < -0.3 is 10.5 Å². The first-order chi connectivity index (χ1) is 11.0. The number of carbonyl (C=O) groups excluding carboxylic acids is 2. The molecule has 2 heterocycles. The Hall–Kier alpha value is -2.74. The van der Waals surface area contributed by atoms with Gasteiger partial charge in [-0.15, -0.1) is 11.3 Å². The van der Waals surface area contributed by atoms with E-state index in [2.05, 4.69) is 5.10 Å². The van der Waals surface area contributed by atoms with E-state index in [9.17, 15) is 14.0 Å². The summed E-state index contributed by atoms with van der Waals surface area (Å²) < 4.78 is 19.5. The first-order valence-corrected chi connectivity index (χ1v) is 7.48. The largest absolute Gasteiger partial charge is 0.451 e. The molecule has 0 radical (unpaired) electrons. The van der Waals surface area contributed by atoms with E-state index in [-0.39, 0.29) is 5.82 Å². The van der Waals surface area contributed by atoms with Gasteiger partial charge in [-0.05, 0) is 37.3 Å². The molecule has 0 saturated carbocycles. The number of fused-ring (bicyclic) bond motifs is 1. The van der Waals surface area contributed by atoms with E-state index in [0.717, 1.165) is 15.9 Å². The third-order valence-electron chi connectivity index (χ3n) is 3.16. The fraction of sp³-hybridized carbons (Fsp3) is 0.133. The zero-order chi connectivity index (χ0) is 16.6. The van der Waals surface area contributed by atoms with Crippen LogP contribution in [0.1, 0.15) is 15.4 Å². The predicted octanol–water partition coefficient (Wildman–Crippen LogP) is 2.18. The number of nitrogens with two attached hydrogens (primary N) is 1. The smallest absolute Gasteiger partial charge is 0.348 e. The van der Waals surface area contributed by atoms with Gasteiger partial charge in [-0.25, -0.2) is 13.9 Å². The molecule has 0 fully saturated rings. The first-order valence-electron chi connectivity index (χ1n) is 6.66. The highest BCUT2D eigenvalue weighted by atomic mass is 32.1. The van der Waals surface area contributed by atoms with Crippen molar-refractivity contribution in [1.29, 1.82) is 0 Å². The summed E-state index contributed by atoms with van der Waals surface area (Å²) in [5.74, 6) is -1.67. The van der Waals surface area contributed by atoms with Gasteiger partial charge in [0.1, 0.15) is 15.5 Å². The summed E-state index contributed by atoms with van der Waals surface area (Å²) in [6.45, 7) is 1.35. The molecule has 0 bridgehead atoms. The lowest BCUT2D eigenvalue weighted by molar-refractivity contribution is -0.121. The number of amides is 1. The summed E-state index contributed by atoms with van der Waals surface area (Å²) in [5.41, 5.74) is 6.37. The maximum Gasteiger partial charge on any atom is 0.348 e. The van der Waals surface area contributed by atoms with Crippen LogP contribution in [0.2, 0.25) is 0 Å². The molecule has 8 heteroatoms. The second kappa shape index (κ2) is 5.81. The molecule has 3 rings (SSSR count). The van der Waals surface area contributed by atoms with E-state index >= 15 is 0 Å². The van der Waals surface area contributed by atoms with Crippen molar-refractivity contribution in [2.24, 2.45) is 5.73 Å². The molecule has 6 nitrogen and oxygen atoms in total. The van der Waals surface area contributed by atoms with Gasteiger partial charge in [0, 0.05) is 5.39 Å². The Bertz CT molecular complexity index is 899. The third kappa shape index (κ3) is 2.93. The summed E-state index contributed by atoms with van der Waals surface area (Å²) in [6, 6.07) is 7.55. The molecule has 0 aliphatic rings. The number of thiophene rings is 1. The second-order valence-corrected chi connectivity index (χ2v) is 5.88. The number of benzene rings is 1. The van der Waals surface area contributed by atoms with Gasteiger partial charge >= 0.3 is 5.97 Å². The zero-order valence-electron chi connectivity index (χ0n) is 12.1. The normalized spacial score (nSPS) is 10.9. The van der Waals surface area contributed by atoms with Crippen LogP contribution in [-0.2, 0) is 9.53 Å².